The number of anilines is 1. The van der Waals surface area contributed by atoms with Crippen LogP contribution in [0, 0.1) is 5.82 Å². The number of aromatic nitrogens is 1. The Balaban J connectivity index is 1.75. The van der Waals surface area contributed by atoms with Crippen molar-refractivity contribution in [2.75, 3.05) is 5.73 Å². The van der Waals surface area contributed by atoms with Gasteiger partial charge in [-0.05, 0) is 18.2 Å². The number of nitrogens with two attached hydrogens (primary N) is 1. The van der Waals surface area contributed by atoms with Crippen LogP contribution in [-0.4, -0.2) is 15.8 Å². The maximum absolute atomic E-state index is 14.3. The molecule has 0 atom stereocenters. The topological polar surface area (TPSA) is 59.2 Å². The number of nitrogens with zero attached hydrogens (tertiary/aromatic N) is 2. The number of pyridine rings is 1. The lowest BCUT2D eigenvalue weighted by Gasteiger charge is -2.19. The number of hydrogen-bond acceptors (Lipinski definition) is 3. The maximum Gasteiger partial charge on any atom is 0.262 e. The van der Waals surface area contributed by atoms with Crippen molar-refractivity contribution in [1.82, 2.24) is 9.88 Å². The summed E-state index contributed by atoms with van der Waals surface area (Å²) in [7, 11) is 0. The Labute approximate surface area is 149 Å². The van der Waals surface area contributed by atoms with Crippen LogP contribution in [0.4, 0.5) is 10.1 Å². The van der Waals surface area contributed by atoms with Crippen molar-refractivity contribution >= 4 is 22.5 Å². The summed E-state index contributed by atoms with van der Waals surface area (Å²) in [5, 5.41) is 0.665. The third-order valence-corrected chi connectivity index (χ3v) is 4.91. The number of hydrogen-bond donors (Lipinski definition) is 1. The fraction of sp³-hybridized carbons (Fsp3) is 0.0476. The molecule has 2 heterocycles. The van der Waals surface area contributed by atoms with Gasteiger partial charge in [0.05, 0.1) is 29.0 Å². The van der Waals surface area contributed by atoms with E-state index in [4.69, 9.17) is 10.7 Å². The van der Waals surface area contributed by atoms with Crippen molar-refractivity contribution in [2.24, 2.45) is 0 Å². The molecule has 5 heteroatoms. The standard InChI is InChI=1S/C21H14FN3O/c22-16-10-2-1-7-13(16)14-8-4-9-15-19(23)18-17(24-20(14)15)11-25(21(18)26)12-5-3-6-12/h1-10H,11H2,(H2,23,24). The molecule has 2 N–H and O–H groups in total. The van der Waals surface area contributed by atoms with Crippen molar-refractivity contribution in [2.45, 2.75) is 6.54 Å². The number of fused-ring (bicyclic) bond motifs is 2. The highest BCUT2D eigenvalue weighted by Gasteiger charge is 2.34. The lowest BCUT2D eigenvalue weighted by Crippen LogP contribution is -2.24. The molecule has 1 aromatic heterocycles. The lowest BCUT2D eigenvalue weighted by atomic mass is 9.99. The largest absolute Gasteiger partial charge is 0.397 e. The van der Waals surface area contributed by atoms with Crippen molar-refractivity contribution in [3.63, 3.8) is 0 Å². The minimum atomic E-state index is -0.316. The SMILES string of the molecule is Nc1c2c(nc3c(-c4ccccc4F)cccc13)CN(C1=CC=C1)C2=O. The van der Waals surface area contributed by atoms with E-state index in [0.29, 0.717) is 45.5 Å². The van der Waals surface area contributed by atoms with Crippen molar-refractivity contribution in [3.05, 3.63) is 83.5 Å². The molecule has 0 radical (unpaired) electrons. The summed E-state index contributed by atoms with van der Waals surface area (Å²) in [6.45, 7) is 0.371. The molecule has 2 aromatic carbocycles. The average molecular weight is 343 g/mol. The van der Waals surface area contributed by atoms with Crippen molar-refractivity contribution in [1.29, 1.82) is 0 Å². The lowest BCUT2D eigenvalue weighted by molar-refractivity contribution is 0.0831. The van der Waals surface area contributed by atoms with E-state index >= 15 is 0 Å². The molecular weight excluding hydrogens is 329 g/mol. The zero-order chi connectivity index (χ0) is 17.8. The first-order valence-corrected chi connectivity index (χ1v) is 8.31. The summed E-state index contributed by atoms with van der Waals surface area (Å²) in [5.41, 5.74) is 10.4. The molecule has 0 saturated heterocycles. The minimum absolute atomic E-state index is 0.140. The van der Waals surface area contributed by atoms with Gasteiger partial charge in [0.2, 0.25) is 0 Å². The van der Waals surface area contributed by atoms with Gasteiger partial charge in [-0.3, -0.25) is 4.79 Å². The summed E-state index contributed by atoms with van der Waals surface area (Å²) in [4.78, 5) is 19.2. The van der Waals surface area contributed by atoms with Crippen LogP contribution >= 0.6 is 0 Å². The molecule has 3 aromatic rings. The third kappa shape index (κ3) is 1.94. The number of amides is 1. The number of benzene rings is 2. The summed E-state index contributed by atoms with van der Waals surface area (Å²) in [6.07, 6.45) is 5.64. The monoisotopic (exact) mass is 343 g/mol. The second-order valence-corrected chi connectivity index (χ2v) is 6.37. The summed E-state index contributed by atoms with van der Waals surface area (Å²) in [5.74, 6) is -0.456. The van der Waals surface area contributed by atoms with E-state index in [-0.39, 0.29) is 11.7 Å². The number of nitrogen functional groups attached to an aromatic ring is 1. The van der Waals surface area contributed by atoms with E-state index in [1.165, 1.54) is 6.07 Å². The van der Waals surface area contributed by atoms with Gasteiger partial charge in [-0.25, -0.2) is 9.37 Å². The second kappa shape index (κ2) is 5.26. The Kier molecular flexibility index (Phi) is 3.00. The van der Waals surface area contributed by atoms with Gasteiger partial charge in [-0.2, -0.15) is 0 Å². The number of carbonyl (C=O) groups excluding carboxylic acids is 1. The highest BCUT2D eigenvalue weighted by molar-refractivity contribution is 6.12. The summed E-state index contributed by atoms with van der Waals surface area (Å²) in [6, 6.07) is 12.0. The normalized spacial score (nSPS) is 15.2. The van der Waals surface area contributed by atoms with Gasteiger partial charge >= 0.3 is 0 Å². The first-order valence-electron chi connectivity index (χ1n) is 8.31. The molecule has 1 amide bonds. The molecule has 2 aliphatic rings. The van der Waals surface area contributed by atoms with Gasteiger partial charge in [0.15, 0.2) is 0 Å². The van der Waals surface area contributed by atoms with Crippen LogP contribution in [0.1, 0.15) is 16.1 Å². The van der Waals surface area contributed by atoms with Crippen molar-refractivity contribution in [3.8, 4) is 11.1 Å². The number of allylic oxidation sites excluding steroid dienone is 3. The molecule has 0 unspecified atom stereocenters. The Morgan fingerprint density at radius 3 is 2.58 bits per heavy atom. The van der Waals surface area contributed by atoms with E-state index in [2.05, 4.69) is 0 Å². The molecule has 5 rings (SSSR count). The first-order chi connectivity index (χ1) is 12.6. The molecule has 0 bridgehead atoms. The molecule has 0 spiro atoms. The molecule has 0 fully saturated rings. The zero-order valence-corrected chi connectivity index (χ0v) is 13.7. The minimum Gasteiger partial charge on any atom is -0.397 e. The van der Waals surface area contributed by atoms with E-state index in [1.54, 1.807) is 23.1 Å². The Bertz CT molecular complexity index is 1160. The van der Waals surface area contributed by atoms with Gasteiger partial charge < -0.3 is 10.6 Å². The molecule has 1 aliphatic heterocycles. The van der Waals surface area contributed by atoms with Crippen molar-refractivity contribution < 1.29 is 9.18 Å². The summed E-state index contributed by atoms with van der Waals surface area (Å²) >= 11 is 0. The molecule has 1 aliphatic carbocycles. The number of carbonyl (C=O) groups is 1. The predicted octanol–water partition coefficient (Wildman–Crippen LogP) is 4.03. The van der Waals surface area contributed by atoms with Gasteiger partial charge in [0, 0.05) is 22.2 Å². The Morgan fingerprint density at radius 2 is 1.85 bits per heavy atom. The van der Waals surface area contributed by atoms with Crippen LogP contribution in [0.5, 0.6) is 0 Å². The highest BCUT2D eigenvalue weighted by Crippen LogP contribution is 2.38. The van der Waals surface area contributed by atoms with Gasteiger partial charge in [-0.15, -0.1) is 0 Å². The van der Waals surface area contributed by atoms with Gasteiger partial charge in [-0.1, -0.05) is 42.5 Å². The predicted molar refractivity (Wildman–Crippen MR) is 98.6 cm³/mol. The Morgan fingerprint density at radius 1 is 1.08 bits per heavy atom. The molecule has 0 saturated carbocycles. The average Bonchev–Trinajstić information content (AvgIpc) is 2.91. The summed E-state index contributed by atoms with van der Waals surface area (Å²) < 4.78 is 14.3. The smallest absolute Gasteiger partial charge is 0.262 e. The third-order valence-electron chi connectivity index (χ3n) is 4.91. The fourth-order valence-electron chi connectivity index (χ4n) is 3.54. The van der Waals surface area contributed by atoms with Crippen LogP contribution in [0.25, 0.3) is 22.0 Å². The van der Waals surface area contributed by atoms with E-state index in [9.17, 15) is 9.18 Å². The quantitative estimate of drug-likeness (QED) is 0.764. The maximum atomic E-state index is 14.3. The molecule has 4 nitrogen and oxygen atoms in total. The number of halogens is 1. The van der Waals surface area contributed by atoms with Crippen LogP contribution in [-0.2, 0) is 6.54 Å². The van der Waals surface area contributed by atoms with Gasteiger partial charge in [0.1, 0.15) is 5.82 Å². The van der Waals surface area contributed by atoms with Gasteiger partial charge in [0.25, 0.3) is 5.91 Å². The Hall–Kier alpha value is -3.47. The number of para-hydroxylation sites is 1. The van der Waals surface area contributed by atoms with Crippen LogP contribution in [0.15, 0.2) is 66.4 Å². The van der Waals surface area contributed by atoms with E-state index < -0.39 is 0 Å². The molecule has 26 heavy (non-hydrogen) atoms. The highest BCUT2D eigenvalue weighted by atomic mass is 19.1. The van der Waals surface area contributed by atoms with Crippen LogP contribution in [0.3, 0.4) is 0 Å². The zero-order valence-electron chi connectivity index (χ0n) is 13.7. The fourth-order valence-corrected chi connectivity index (χ4v) is 3.54. The first kappa shape index (κ1) is 14.8. The molecule has 126 valence electrons. The second-order valence-electron chi connectivity index (χ2n) is 6.37. The van der Waals surface area contributed by atoms with Crippen LogP contribution in [0.2, 0.25) is 0 Å². The van der Waals surface area contributed by atoms with E-state index in [0.717, 1.165) is 5.70 Å². The number of rotatable bonds is 2. The van der Waals surface area contributed by atoms with Crippen LogP contribution < -0.4 is 5.73 Å². The molecular formula is C21H14FN3O. The van der Waals surface area contributed by atoms with E-state index in [1.807, 2.05) is 36.4 Å².